The van der Waals surface area contributed by atoms with Crippen LogP contribution in [0.1, 0.15) is 12.6 Å². The number of hydrogen-bond donors (Lipinski definition) is 6. The summed E-state index contributed by atoms with van der Waals surface area (Å²) >= 11 is 0. The van der Waals surface area contributed by atoms with Crippen molar-refractivity contribution in [2.24, 2.45) is 0 Å². The predicted molar refractivity (Wildman–Crippen MR) is 88.2 cm³/mol. The van der Waals surface area contributed by atoms with Gasteiger partial charge in [-0.1, -0.05) is 9.71 Å². The molecular formula is C10H15N5O12P2. The molecule has 162 valence electrons. The van der Waals surface area contributed by atoms with Crippen LogP contribution in [0.25, 0.3) is 11.2 Å². The molecule has 4 atom stereocenters. The van der Waals surface area contributed by atoms with Gasteiger partial charge >= 0.3 is 15.6 Å². The van der Waals surface area contributed by atoms with Crippen LogP contribution in [0.3, 0.4) is 0 Å². The number of rotatable bonds is 8. The monoisotopic (exact) mass is 459 g/mol. The quantitative estimate of drug-likeness (QED) is 0.113. The molecule has 3 rings (SSSR count). The zero-order valence-electron chi connectivity index (χ0n) is 14.1. The van der Waals surface area contributed by atoms with Crippen molar-refractivity contribution >= 4 is 32.8 Å². The molecule has 7 N–H and O–H groups in total. The molecule has 0 radical (unpaired) electrons. The Kier molecular flexibility index (Phi) is 6.19. The summed E-state index contributed by atoms with van der Waals surface area (Å²) in [6, 6.07) is 0. The highest BCUT2D eigenvalue weighted by Crippen LogP contribution is 2.57. The highest BCUT2D eigenvalue weighted by atomic mass is 31.3. The lowest BCUT2D eigenvalue weighted by Crippen LogP contribution is -2.26. The van der Waals surface area contributed by atoms with Gasteiger partial charge in [0.25, 0.3) is 5.56 Å². The number of ether oxygens (including phenoxy) is 1. The van der Waals surface area contributed by atoms with Gasteiger partial charge in [0.15, 0.2) is 11.2 Å². The van der Waals surface area contributed by atoms with Crippen molar-refractivity contribution in [3.8, 4) is 0 Å². The number of nitrogens with zero attached hydrogens (tertiary/aromatic N) is 3. The van der Waals surface area contributed by atoms with E-state index < -0.39 is 46.2 Å². The molecule has 0 saturated carbocycles. The second-order valence-corrected chi connectivity index (χ2v) is 8.40. The van der Waals surface area contributed by atoms with Gasteiger partial charge < -0.3 is 30.3 Å². The maximum Gasteiger partial charge on any atom is 0.510 e. The minimum Gasteiger partial charge on any atom is -0.390 e. The fourth-order valence-corrected chi connectivity index (χ4v) is 3.80. The van der Waals surface area contributed by atoms with Crippen LogP contribution in [0.2, 0.25) is 0 Å². The summed E-state index contributed by atoms with van der Waals surface area (Å²) < 4.78 is 35.8. The number of nitrogen functional groups attached to an aromatic ring is 1. The van der Waals surface area contributed by atoms with Gasteiger partial charge in [-0.15, -0.1) is 0 Å². The van der Waals surface area contributed by atoms with Crippen molar-refractivity contribution in [3.63, 3.8) is 0 Å². The third kappa shape index (κ3) is 5.44. The van der Waals surface area contributed by atoms with E-state index in [9.17, 15) is 19.0 Å². The van der Waals surface area contributed by atoms with Crippen molar-refractivity contribution in [2.45, 2.75) is 24.9 Å². The fourth-order valence-electron chi connectivity index (χ4n) is 2.49. The van der Waals surface area contributed by atoms with Crippen LogP contribution in [0.4, 0.5) is 5.95 Å². The average Bonchev–Trinajstić information content (AvgIpc) is 3.13. The van der Waals surface area contributed by atoms with Gasteiger partial charge in [-0.05, 0) is 0 Å². The van der Waals surface area contributed by atoms with E-state index in [1.807, 2.05) is 0 Å². The van der Waals surface area contributed by atoms with E-state index in [1.165, 1.54) is 10.9 Å². The highest BCUT2D eigenvalue weighted by Gasteiger charge is 2.37. The van der Waals surface area contributed by atoms with Gasteiger partial charge in [-0.3, -0.25) is 14.3 Å². The lowest BCUT2D eigenvalue weighted by atomic mass is 10.2. The van der Waals surface area contributed by atoms with Crippen molar-refractivity contribution in [3.05, 3.63) is 16.7 Å². The summed E-state index contributed by atoms with van der Waals surface area (Å²) in [5.41, 5.74) is 5.09. The van der Waals surface area contributed by atoms with Crippen molar-refractivity contribution in [1.29, 1.82) is 0 Å². The van der Waals surface area contributed by atoms with E-state index in [0.29, 0.717) is 0 Å². The molecule has 1 fully saturated rings. The van der Waals surface area contributed by atoms with E-state index >= 15 is 0 Å². The number of fused-ring (bicyclic) bond motifs is 1. The number of aliphatic hydroxyl groups excluding tert-OH is 1. The Balaban J connectivity index is 1.57. The summed E-state index contributed by atoms with van der Waals surface area (Å²) in [5.74, 6) is -0.140. The zero-order chi connectivity index (χ0) is 21.4. The van der Waals surface area contributed by atoms with Crippen molar-refractivity contribution in [1.82, 2.24) is 19.5 Å². The largest absolute Gasteiger partial charge is 0.510 e. The first-order valence-corrected chi connectivity index (χ1v) is 10.6. The van der Waals surface area contributed by atoms with Gasteiger partial charge in [0.1, 0.15) is 18.9 Å². The van der Waals surface area contributed by atoms with E-state index in [1.54, 1.807) is 0 Å². The van der Waals surface area contributed by atoms with Crippen LogP contribution in [0.15, 0.2) is 11.1 Å². The Morgan fingerprint density at radius 2 is 2.10 bits per heavy atom. The molecule has 0 aliphatic carbocycles. The number of H-pyrrole nitrogens is 1. The minimum absolute atomic E-state index is 0.0116. The minimum atomic E-state index is -5.32. The second kappa shape index (κ2) is 8.17. The molecule has 3 heterocycles. The number of phosphoric acid groups is 2. The van der Waals surface area contributed by atoms with Crippen LogP contribution in [0.5, 0.6) is 0 Å². The molecule has 29 heavy (non-hydrogen) atoms. The average molecular weight is 459 g/mol. The molecule has 0 bridgehead atoms. The topological polar surface area (TPSA) is 251 Å². The third-order valence-corrected chi connectivity index (χ3v) is 5.51. The van der Waals surface area contributed by atoms with Gasteiger partial charge in [0, 0.05) is 6.42 Å². The van der Waals surface area contributed by atoms with Crippen molar-refractivity contribution < 1.29 is 52.6 Å². The Labute approximate surface area is 159 Å². The highest BCUT2D eigenvalue weighted by molar-refractivity contribution is 7.60. The van der Waals surface area contributed by atoms with E-state index in [2.05, 4.69) is 33.9 Å². The van der Waals surface area contributed by atoms with E-state index in [-0.39, 0.29) is 23.5 Å². The van der Waals surface area contributed by atoms with Crippen LogP contribution in [-0.2, 0) is 32.8 Å². The molecular weight excluding hydrogens is 444 g/mol. The van der Waals surface area contributed by atoms with Gasteiger partial charge in [-0.2, -0.15) is 9.29 Å². The maximum absolute atomic E-state index is 11.8. The number of aromatic amines is 1. The Hall–Kier alpha value is -1.75. The number of imidazole rings is 1. The first-order valence-electron chi connectivity index (χ1n) is 7.58. The first-order chi connectivity index (χ1) is 13.5. The normalized spacial score (nSPS) is 24.8. The zero-order valence-corrected chi connectivity index (χ0v) is 15.9. The maximum atomic E-state index is 11.8. The molecule has 0 amide bonds. The summed E-state index contributed by atoms with van der Waals surface area (Å²) in [4.78, 5) is 52.3. The molecule has 1 aliphatic rings. The number of aliphatic hydroxyl groups is 1. The Morgan fingerprint density at radius 1 is 1.38 bits per heavy atom. The number of nitrogens with two attached hydrogens (primary N) is 1. The molecule has 0 aromatic carbocycles. The molecule has 4 unspecified atom stereocenters. The van der Waals surface area contributed by atoms with E-state index in [0.717, 1.165) is 0 Å². The second-order valence-electron chi connectivity index (χ2n) is 5.68. The van der Waals surface area contributed by atoms with Crippen LogP contribution < -0.4 is 11.3 Å². The Morgan fingerprint density at radius 3 is 2.79 bits per heavy atom. The van der Waals surface area contributed by atoms with Gasteiger partial charge in [0.05, 0.1) is 12.4 Å². The standard InChI is InChI=1S/C10H15N5O12P2/c11-10-13-8-7(9(17)14-10)12-3-15(8)6-1-4(16)5(24-6)2-23-25-26-29(21,22)27-28(18,19)20/h3-6,16H,1-2H2,(H,21,22)(H2,18,19,20)(H3,11,13,14,17). The summed E-state index contributed by atoms with van der Waals surface area (Å²) in [7, 11) is -10.6. The fraction of sp³-hybridized carbons (Fsp3) is 0.500. The molecule has 17 nitrogen and oxygen atoms in total. The predicted octanol–water partition coefficient (Wildman–Crippen LogP) is -1.56. The summed E-state index contributed by atoms with van der Waals surface area (Å²) in [6.45, 7) is -0.518. The van der Waals surface area contributed by atoms with Gasteiger partial charge in [-0.25, -0.2) is 19.0 Å². The molecule has 2 aromatic heterocycles. The third-order valence-electron chi connectivity index (χ3n) is 3.58. The SMILES string of the molecule is Nc1nc2c(ncn2C2CC(O)C(COOOP(=O)(O)OP(=O)(O)O)O2)c(=O)[nH]1. The number of aromatic nitrogens is 4. The number of nitrogens with one attached hydrogen (secondary N) is 1. The smallest absolute Gasteiger partial charge is 0.390 e. The summed E-state index contributed by atoms with van der Waals surface area (Å²) in [6.07, 6.45) is -1.60. The lowest BCUT2D eigenvalue weighted by molar-refractivity contribution is -0.476. The molecule has 1 aliphatic heterocycles. The summed E-state index contributed by atoms with van der Waals surface area (Å²) in [5, 5.41) is 14.0. The molecule has 19 heteroatoms. The van der Waals surface area contributed by atoms with Crippen molar-refractivity contribution in [2.75, 3.05) is 12.3 Å². The molecule has 2 aromatic rings. The van der Waals surface area contributed by atoms with Crippen LogP contribution >= 0.6 is 15.6 Å². The Bertz CT molecular complexity index is 1030. The number of hydrogen-bond acceptors (Lipinski definition) is 12. The first kappa shape index (κ1) is 21.9. The van der Waals surface area contributed by atoms with Gasteiger partial charge in [0.2, 0.25) is 5.95 Å². The molecule has 1 saturated heterocycles. The molecule has 0 spiro atoms. The van der Waals surface area contributed by atoms with Crippen LogP contribution in [0, 0.1) is 0 Å². The number of anilines is 1. The lowest BCUT2D eigenvalue weighted by Gasteiger charge is -2.15. The van der Waals surface area contributed by atoms with E-state index in [4.69, 9.17) is 25.2 Å². The van der Waals surface area contributed by atoms with Crippen LogP contribution in [-0.4, -0.2) is 58.1 Å².